The molecule has 2 heterocycles. The summed E-state index contributed by atoms with van der Waals surface area (Å²) in [5.74, 6) is 0.333. The molecule has 16 heavy (non-hydrogen) atoms. The number of amides is 1. The Morgan fingerprint density at radius 3 is 2.94 bits per heavy atom. The van der Waals surface area contributed by atoms with Gasteiger partial charge in [0.2, 0.25) is 5.91 Å². The van der Waals surface area contributed by atoms with Crippen molar-refractivity contribution >= 4 is 5.91 Å². The molecule has 0 radical (unpaired) electrons. The maximum atomic E-state index is 12.5. The van der Waals surface area contributed by atoms with E-state index >= 15 is 0 Å². The number of carbonyl (C=O) groups excluding carboxylic acids is 1. The minimum Gasteiger partial charge on any atom is -0.380 e. The Bertz CT molecular complexity index is 262. The van der Waals surface area contributed by atoms with Crippen LogP contribution in [0, 0.1) is 5.41 Å². The van der Waals surface area contributed by atoms with Gasteiger partial charge in [-0.25, -0.2) is 0 Å². The number of likely N-dealkylation sites (tertiary alicyclic amines) is 1. The molecule has 2 unspecified atom stereocenters. The lowest BCUT2D eigenvalue weighted by Gasteiger charge is -2.30. The molecule has 0 aromatic rings. The summed E-state index contributed by atoms with van der Waals surface area (Å²) in [5.41, 5.74) is -0.136. The van der Waals surface area contributed by atoms with Gasteiger partial charge >= 0.3 is 0 Å². The van der Waals surface area contributed by atoms with Crippen LogP contribution in [0.25, 0.3) is 0 Å². The Morgan fingerprint density at radius 1 is 1.62 bits per heavy atom. The highest BCUT2D eigenvalue weighted by molar-refractivity contribution is 5.83. The lowest BCUT2D eigenvalue weighted by molar-refractivity contribution is -0.140. The average molecular weight is 226 g/mol. The zero-order valence-electron chi connectivity index (χ0n) is 10.3. The quantitative estimate of drug-likeness (QED) is 0.767. The van der Waals surface area contributed by atoms with E-state index < -0.39 is 0 Å². The Hall–Kier alpha value is -0.610. The second kappa shape index (κ2) is 4.72. The Balaban J connectivity index is 2.01. The van der Waals surface area contributed by atoms with E-state index in [1.54, 1.807) is 7.11 Å². The molecule has 0 aromatic heterocycles. The fourth-order valence-electron chi connectivity index (χ4n) is 2.82. The molecule has 0 bridgehead atoms. The van der Waals surface area contributed by atoms with Crippen LogP contribution in [0.3, 0.4) is 0 Å². The number of rotatable bonds is 3. The molecule has 0 aliphatic carbocycles. The second-order valence-corrected chi connectivity index (χ2v) is 4.96. The predicted molar refractivity (Wildman–Crippen MR) is 62.2 cm³/mol. The highest BCUT2D eigenvalue weighted by Gasteiger charge is 2.43. The molecule has 2 rings (SSSR count). The fourth-order valence-corrected chi connectivity index (χ4v) is 2.82. The molecule has 2 saturated heterocycles. The number of hydrogen-bond acceptors (Lipinski definition) is 3. The van der Waals surface area contributed by atoms with Gasteiger partial charge in [-0.1, -0.05) is 6.92 Å². The minimum absolute atomic E-state index is 0.136. The van der Waals surface area contributed by atoms with E-state index in [1.807, 2.05) is 4.90 Å². The van der Waals surface area contributed by atoms with Gasteiger partial charge in [0, 0.05) is 26.7 Å². The summed E-state index contributed by atoms with van der Waals surface area (Å²) in [4.78, 5) is 14.5. The average Bonchev–Trinajstić information content (AvgIpc) is 2.98. The maximum absolute atomic E-state index is 12.5. The summed E-state index contributed by atoms with van der Waals surface area (Å²) < 4.78 is 5.31. The molecule has 0 aromatic carbocycles. The highest BCUT2D eigenvalue weighted by Crippen LogP contribution is 2.33. The molecule has 2 atom stereocenters. The van der Waals surface area contributed by atoms with Gasteiger partial charge in [0.25, 0.3) is 0 Å². The SMILES string of the molecule is CCC1(C(=O)N2CCC(OC)C2)CCNC1. The van der Waals surface area contributed by atoms with Gasteiger partial charge in [0.05, 0.1) is 11.5 Å². The summed E-state index contributed by atoms with van der Waals surface area (Å²) in [6.07, 6.45) is 3.14. The van der Waals surface area contributed by atoms with Crippen LogP contribution in [0.15, 0.2) is 0 Å². The van der Waals surface area contributed by atoms with Gasteiger partial charge in [-0.3, -0.25) is 4.79 Å². The third-order valence-electron chi connectivity index (χ3n) is 4.14. The van der Waals surface area contributed by atoms with E-state index in [0.29, 0.717) is 5.91 Å². The van der Waals surface area contributed by atoms with Gasteiger partial charge in [0.15, 0.2) is 0 Å². The molecular weight excluding hydrogens is 204 g/mol. The van der Waals surface area contributed by atoms with Crippen molar-refractivity contribution in [3.05, 3.63) is 0 Å². The van der Waals surface area contributed by atoms with Gasteiger partial charge in [0.1, 0.15) is 0 Å². The molecule has 92 valence electrons. The molecule has 1 amide bonds. The smallest absolute Gasteiger partial charge is 0.230 e. The second-order valence-electron chi connectivity index (χ2n) is 4.96. The van der Waals surface area contributed by atoms with Crippen molar-refractivity contribution in [3.8, 4) is 0 Å². The predicted octanol–water partition coefficient (Wildman–Crippen LogP) is 0.623. The van der Waals surface area contributed by atoms with Crippen molar-refractivity contribution in [1.82, 2.24) is 10.2 Å². The number of carbonyl (C=O) groups is 1. The summed E-state index contributed by atoms with van der Waals surface area (Å²) in [6.45, 7) is 5.57. The van der Waals surface area contributed by atoms with Gasteiger partial charge in [-0.05, 0) is 25.8 Å². The Morgan fingerprint density at radius 2 is 2.44 bits per heavy atom. The first kappa shape index (κ1) is 11.9. The summed E-state index contributed by atoms with van der Waals surface area (Å²) in [5, 5.41) is 3.31. The van der Waals surface area contributed by atoms with Crippen LogP contribution in [-0.4, -0.2) is 50.2 Å². The summed E-state index contributed by atoms with van der Waals surface area (Å²) in [6, 6.07) is 0. The standard InChI is InChI=1S/C12H22N2O2/c1-3-12(5-6-13-9-12)11(15)14-7-4-10(8-14)16-2/h10,13H,3-9H2,1-2H3. The molecule has 4 nitrogen and oxygen atoms in total. The molecule has 2 aliphatic rings. The van der Waals surface area contributed by atoms with Crippen molar-refractivity contribution in [1.29, 1.82) is 0 Å². The van der Waals surface area contributed by atoms with Crippen LogP contribution in [-0.2, 0) is 9.53 Å². The topological polar surface area (TPSA) is 41.6 Å². The molecule has 4 heteroatoms. The molecule has 0 spiro atoms. The van der Waals surface area contributed by atoms with E-state index in [1.165, 1.54) is 0 Å². The third kappa shape index (κ3) is 1.96. The number of nitrogens with one attached hydrogen (secondary N) is 1. The molecule has 2 aliphatic heterocycles. The van der Waals surface area contributed by atoms with Gasteiger partial charge in [-0.2, -0.15) is 0 Å². The van der Waals surface area contributed by atoms with Crippen molar-refractivity contribution in [2.45, 2.75) is 32.3 Å². The van der Waals surface area contributed by atoms with Crippen LogP contribution >= 0.6 is 0 Å². The van der Waals surface area contributed by atoms with Crippen molar-refractivity contribution < 1.29 is 9.53 Å². The molecule has 1 N–H and O–H groups in total. The zero-order valence-corrected chi connectivity index (χ0v) is 10.3. The monoisotopic (exact) mass is 226 g/mol. The highest BCUT2D eigenvalue weighted by atomic mass is 16.5. The van der Waals surface area contributed by atoms with Crippen LogP contribution < -0.4 is 5.32 Å². The molecule has 0 saturated carbocycles. The summed E-state index contributed by atoms with van der Waals surface area (Å²) >= 11 is 0. The van der Waals surface area contributed by atoms with E-state index in [2.05, 4.69) is 12.2 Å². The number of ether oxygens (including phenoxy) is 1. The van der Waals surface area contributed by atoms with E-state index in [-0.39, 0.29) is 11.5 Å². The van der Waals surface area contributed by atoms with Crippen molar-refractivity contribution in [3.63, 3.8) is 0 Å². The van der Waals surface area contributed by atoms with E-state index in [9.17, 15) is 4.79 Å². The van der Waals surface area contributed by atoms with Crippen molar-refractivity contribution in [2.75, 3.05) is 33.3 Å². The van der Waals surface area contributed by atoms with Gasteiger partial charge < -0.3 is 15.0 Å². The van der Waals surface area contributed by atoms with Gasteiger partial charge in [-0.15, -0.1) is 0 Å². The number of hydrogen-bond donors (Lipinski definition) is 1. The van der Waals surface area contributed by atoms with Crippen LogP contribution in [0.2, 0.25) is 0 Å². The first-order chi connectivity index (χ1) is 7.72. The number of methoxy groups -OCH3 is 1. The molecule has 2 fully saturated rings. The van der Waals surface area contributed by atoms with E-state index in [4.69, 9.17) is 4.74 Å². The third-order valence-corrected chi connectivity index (χ3v) is 4.14. The Kier molecular flexibility index (Phi) is 3.50. The Labute approximate surface area is 97.3 Å². The number of nitrogens with zero attached hydrogens (tertiary/aromatic N) is 1. The van der Waals surface area contributed by atoms with Crippen LogP contribution in [0.4, 0.5) is 0 Å². The van der Waals surface area contributed by atoms with Crippen molar-refractivity contribution in [2.24, 2.45) is 5.41 Å². The zero-order chi connectivity index (χ0) is 11.6. The largest absolute Gasteiger partial charge is 0.380 e. The minimum atomic E-state index is -0.136. The molecular formula is C12H22N2O2. The lowest BCUT2D eigenvalue weighted by atomic mass is 9.83. The van der Waals surface area contributed by atoms with Crippen LogP contribution in [0.5, 0.6) is 0 Å². The fraction of sp³-hybridized carbons (Fsp3) is 0.917. The first-order valence-electron chi connectivity index (χ1n) is 6.25. The first-order valence-corrected chi connectivity index (χ1v) is 6.25. The summed E-state index contributed by atoms with van der Waals surface area (Å²) in [7, 11) is 1.73. The van der Waals surface area contributed by atoms with Crippen LogP contribution in [0.1, 0.15) is 26.2 Å². The van der Waals surface area contributed by atoms with E-state index in [0.717, 1.165) is 45.4 Å². The normalized spacial score (nSPS) is 34.6. The maximum Gasteiger partial charge on any atom is 0.230 e. The lowest BCUT2D eigenvalue weighted by Crippen LogP contribution is -2.44.